The van der Waals surface area contributed by atoms with Crippen molar-refractivity contribution in [3.63, 3.8) is 0 Å². The second-order valence-electron chi connectivity index (χ2n) is 14.7. The van der Waals surface area contributed by atoms with E-state index in [2.05, 4.69) is 20.4 Å². The number of nitrogens with two attached hydrogens (primary N) is 1. The molecule has 1 aromatic heterocycles. The summed E-state index contributed by atoms with van der Waals surface area (Å²) in [5, 5.41) is 10.7. The molecule has 54 heavy (non-hydrogen) atoms. The topological polar surface area (TPSA) is 172 Å². The van der Waals surface area contributed by atoms with E-state index >= 15 is 0 Å². The van der Waals surface area contributed by atoms with Gasteiger partial charge in [0.2, 0.25) is 11.8 Å². The van der Waals surface area contributed by atoms with Crippen LogP contribution >= 0.6 is 0 Å². The smallest absolute Gasteiger partial charge is 0.262 e. The maximum Gasteiger partial charge on any atom is 0.262 e. The van der Waals surface area contributed by atoms with Crippen molar-refractivity contribution < 1.29 is 28.7 Å². The van der Waals surface area contributed by atoms with Gasteiger partial charge in [0.25, 0.3) is 17.7 Å². The molecule has 4 aromatic rings. The Morgan fingerprint density at radius 3 is 2.28 bits per heavy atom. The van der Waals surface area contributed by atoms with Crippen molar-refractivity contribution in [3.05, 3.63) is 89.5 Å². The summed E-state index contributed by atoms with van der Waals surface area (Å²) in [5.41, 5.74) is 9.18. The molecule has 0 saturated carbocycles. The van der Waals surface area contributed by atoms with Gasteiger partial charge < -0.3 is 20.7 Å². The van der Waals surface area contributed by atoms with Crippen molar-refractivity contribution in [1.82, 2.24) is 24.9 Å². The summed E-state index contributed by atoms with van der Waals surface area (Å²) in [7, 11) is 0. The Bertz CT molecular complexity index is 2170. The fraction of sp³-hybridized carbons (Fsp3) is 0.350. The third kappa shape index (κ3) is 5.86. The molecule has 5 aliphatic heterocycles. The van der Waals surface area contributed by atoms with Crippen LogP contribution in [-0.2, 0) is 9.59 Å². The van der Waals surface area contributed by atoms with Gasteiger partial charge in [-0.25, -0.2) is 4.68 Å². The highest BCUT2D eigenvalue weighted by Crippen LogP contribution is 2.41. The lowest BCUT2D eigenvalue weighted by molar-refractivity contribution is -0.136. The van der Waals surface area contributed by atoms with E-state index in [1.807, 2.05) is 65.3 Å². The molecular formula is C40H40N8O6. The molecule has 14 heteroatoms. The summed E-state index contributed by atoms with van der Waals surface area (Å²) in [4.78, 5) is 69.1. The number of primary amides is 1. The molecule has 3 fully saturated rings. The highest BCUT2D eigenvalue weighted by atomic mass is 16.5. The number of carbonyl (C=O) groups is 5. The second-order valence-corrected chi connectivity index (χ2v) is 14.7. The van der Waals surface area contributed by atoms with Crippen molar-refractivity contribution in [1.29, 1.82) is 0 Å². The summed E-state index contributed by atoms with van der Waals surface area (Å²) in [6.07, 6.45) is 3.11. The second kappa shape index (κ2) is 13.4. The van der Waals surface area contributed by atoms with Crippen molar-refractivity contribution >= 4 is 41.0 Å². The van der Waals surface area contributed by atoms with E-state index in [4.69, 9.17) is 15.6 Å². The maximum atomic E-state index is 13.3. The van der Waals surface area contributed by atoms with Crippen LogP contribution in [0.25, 0.3) is 11.3 Å². The van der Waals surface area contributed by atoms with Gasteiger partial charge in [-0.3, -0.25) is 39.1 Å². The molecule has 276 valence electrons. The zero-order chi connectivity index (χ0) is 37.1. The van der Waals surface area contributed by atoms with Crippen LogP contribution in [-0.4, -0.2) is 93.9 Å². The van der Waals surface area contributed by atoms with Gasteiger partial charge in [0.1, 0.15) is 34.6 Å². The highest BCUT2D eigenvalue weighted by molar-refractivity contribution is 6.23. The maximum absolute atomic E-state index is 13.3. The van der Waals surface area contributed by atoms with Gasteiger partial charge in [-0.2, -0.15) is 5.10 Å². The number of benzene rings is 3. The minimum absolute atomic E-state index is 0.0857. The van der Waals surface area contributed by atoms with E-state index in [0.29, 0.717) is 40.3 Å². The third-order valence-electron chi connectivity index (χ3n) is 11.6. The number of amides is 5. The van der Waals surface area contributed by atoms with Crippen LogP contribution in [0.2, 0.25) is 0 Å². The number of carbonyl (C=O) groups excluding carboxylic acids is 5. The van der Waals surface area contributed by atoms with Gasteiger partial charge in [0.05, 0.1) is 17.2 Å². The Labute approximate surface area is 311 Å². The number of nitrogens with one attached hydrogen (secondary N) is 2. The highest BCUT2D eigenvalue weighted by Gasteiger charge is 2.45. The zero-order valence-electron chi connectivity index (χ0n) is 29.6. The Balaban J connectivity index is 0.836. The van der Waals surface area contributed by atoms with Crippen LogP contribution in [0.4, 0.5) is 11.5 Å². The number of imide groups is 2. The number of para-hydroxylation sites is 1. The lowest BCUT2D eigenvalue weighted by Crippen LogP contribution is -2.61. The van der Waals surface area contributed by atoms with Gasteiger partial charge in [0, 0.05) is 43.3 Å². The molecule has 2 unspecified atom stereocenters. The fourth-order valence-electron chi connectivity index (χ4n) is 8.70. The number of piperidine rings is 2. The van der Waals surface area contributed by atoms with Crippen molar-refractivity contribution in [2.45, 2.75) is 50.2 Å². The number of nitrogens with zero attached hydrogens (tertiary/aromatic N) is 5. The van der Waals surface area contributed by atoms with Crippen molar-refractivity contribution in [3.8, 4) is 22.8 Å². The molecule has 6 heterocycles. The van der Waals surface area contributed by atoms with Crippen LogP contribution in [0.3, 0.4) is 0 Å². The number of ether oxygens (including phenoxy) is 1. The van der Waals surface area contributed by atoms with Crippen LogP contribution < -0.4 is 26.0 Å². The van der Waals surface area contributed by atoms with Gasteiger partial charge >= 0.3 is 0 Å². The Morgan fingerprint density at radius 2 is 1.56 bits per heavy atom. The van der Waals surface area contributed by atoms with Gasteiger partial charge in [-0.1, -0.05) is 18.2 Å². The number of rotatable bonds is 8. The average Bonchev–Trinajstić information content (AvgIpc) is 3.67. The molecule has 0 aliphatic carbocycles. The summed E-state index contributed by atoms with van der Waals surface area (Å²) < 4.78 is 7.96. The fourth-order valence-corrected chi connectivity index (χ4v) is 8.70. The molecule has 0 radical (unpaired) electrons. The van der Waals surface area contributed by atoms with Gasteiger partial charge in [-0.05, 0) is 99.3 Å². The number of hydrogen-bond acceptors (Lipinski definition) is 10. The van der Waals surface area contributed by atoms with E-state index in [0.717, 1.165) is 73.9 Å². The first-order chi connectivity index (χ1) is 26.2. The lowest BCUT2D eigenvalue weighted by Gasteiger charge is -2.49. The van der Waals surface area contributed by atoms with Crippen LogP contribution in [0.1, 0.15) is 69.2 Å². The van der Waals surface area contributed by atoms with Gasteiger partial charge in [-0.15, -0.1) is 0 Å². The first-order valence-corrected chi connectivity index (χ1v) is 18.6. The molecule has 14 nitrogen and oxygen atoms in total. The van der Waals surface area contributed by atoms with Crippen LogP contribution in [0.15, 0.2) is 72.8 Å². The van der Waals surface area contributed by atoms with E-state index in [9.17, 15) is 24.0 Å². The number of likely N-dealkylation sites (tertiary alicyclic amines) is 1. The molecule has 0 bridgehead atoms. The molecule has 2 atom stereocenters. The van der Waals surface area contributed by atoms with Crippen LogP contribution in [0.5, 0.6) is 11.5 Å². The molecule has 4 N–H and O–H groups in total. The number of fused-ring (bicyclic) bond motifs is 2. The molecule has 3 saturated heterocycles. The molecular weight excluding hydrogens is 688 g/mol. The quantitative estimate of drug-likeness (QED) is 0.227. The van der Waals surface area contributed by atoms with Crippen LogP contribution in [0, 0.1) is 5.92 Å². The Hall–Kier alpha value is -6.02. The van der Waals surface area contributed by atoms with E-state index in [1.165, 1.54) is 0 Å². The molecule has 5 aliphatic rings. The Morgan fingerprint density at radius 1 is 0.833 bits per heavy atom. The monoisotopic (exact) mass is 728 g/mol. The minimum Gasteiger partial charge on any atom is -0.457 e. The third-order valence-corrected chi connectivity index (χ3v) is 11.6. The molecule has 9 rings (SSSR count). The SMILES string of the molecule is NC(=O)c1c(-c2ccc(Oc3ccccc3)cc2)nn2c1NCCC2C1CCN(C2CN(c3ccc4c(c3)C(=O)N(C3CCC(=O)NC3=O)C4=O)C2)CC1. The predicted octanol–water partition coefficient (Wildman–Crippen LogP) is 3.80. The van der Waals surface area contributed by atoms with E-state index in [-0.39, 0.29) is 24.4 Å². The molecule has 3 aromatic carbocycles. The normalized spacial score (nSPS) is 22.0. The number of hydrogen-bond donors (Lipinski definition) is 3. The molecule has 5 amide bonds. The van der Waals surface area contributed by atoms with Crippen molar-refractivity contribution in [2.75, 3.05) is 42.9 Å². The largest absolute Gasteiger partial charge is 0.457 e. The average molecular weight is 729 g/mol. The standard InChI is InChI=1S/C40H40N8O6/c41-36(50)34-35(24-6-9-28(10-7-24)54-27-4-2-1-3-5-27)44-48-31(14-17-42-37(34)48)23-15-18-45(19-16-23)26-21-46(22-26)25-8-11-29-30(20-25)40(53)47(39(29)52)32-12-13-33(49)43-38(32)51/h1-11,20,23,26,31-32,42H,12-19,21-22H2,(H2,41,50)(H,43,49,51). The summed E-state index contributed by atoms with van der Waals surface area (Å²) >= 11 is 0. The number of aromatic nitrogens is 2. The summed E-state index contributed by atoms with van der Waals surface area (Å²) in [6.45, 7) is 4.23. The number of anilines is 2. The van der Waals surface area contributed by atoms with E-state index in [1.54, 1.807) is 12.1 Å². The predicted molar refractivity (Wildman–Crippen MR) is 198 cm³/mol. The van der Waals surface area contributed by atoms with Crippen molar-refractivity contribution in [2.24, 2.45) is 11.7 Å². The van der Waals surface area contributed by atoms with E-state index < -0.39 is 35.6 Å². The first kappa shape index (κ1) is 33.8. The molecule has 0 spiro atoms. The minimum atomic E-state index is -0.981. The summed E-state index contributed by atoms with van der Waals surface area (Å²) in [5.74, 6) is -0.0181. The first-order valence-electron chi connectivity index (χ1n) is 18.6. The van der Waals surface area contributed by atoms with Gasteiger partial charge in [0.15, 0.2) is 0 Å². The lowest BCUT2D eigenvalue weighted by atomic mass is 9.86. The zero-order valence-corrected chi connectivity index (χ0v) is 29.6. The summed E-state index contributed by atoms with van der Waals surface area (Å²) in [6, 6.07) is 21.9. The Kier molecular flexibility index (Phi) is 8.41.